The highest BCUT2D eigenvalue weighted by Gasteiger charge is 2.35. The third-order valence-corrected chi connectivity index (χ3v) is 6.15. The van der Waals surface area contributed by atoms with Gasteiger partial charge in [0.2, 0.25) is 0 Å². The molecule has 2 aromatic carbocycles. The molecule has 2 aromatic rings. The maximum Gasteiger partial charge on any atom is 0.380 e. The Balaban J connectivity index is 2.28. The van der Waals surface area contributed by atoms with Gasteiger partial charge in [0.1, 0.15) is 18.3 Å². The summed E-state index contributed by atoms with van der Waals surface area (Å²) in [5.41, 5.74) is 6.21. The summed E-state index contributed by atoms with van der Waals surface area (Å²) in [7, 11) is -4.08. The van der Waals surface area contributed by atoms with Crippen molar-refractivity contribution in [1.82, 2.24) is 5.32 Å². The number of carbonyl (C=O) groups excluding carboxylic acids is 1. The smallest absolute Gasteiger partial charge is 0.380 e. The molecule has 0 saturated carbocycles. The van der Waals surface area contributed by atoms with Crippen LogP contribution in [0.2, 0.25) is 0 Å². The van der Waals surface area contributed by atoms with Crippen molar-refractivity contribution < 1.29 is 38.2 Å². The predicted molar refractivity (Wildman–Crippen MR) is 115 cm³/mol. The van der Waals surface area contributed by atoms with Gasteiger partial charge in [-0.1, -0.05) is 48.5 Å². The van der Waals surface area contributed by atoms with Crippen molar-refractivity contribution in [1.29, 1.82) is 0 Å². The third kappa shape index (κ3) is 8.50. The van der Waals surface area contributed by atoms with Crippen molar-refractivity contribution in [2.24, 2.45) is 5.73 Å². The Hall–Kier alpha value is -3.20. The quantitative estimate of drug-likeness (QED) is 0.324. The highest BCUT2D eigenvalue weighted by Crippen LogP contribution is 2.50. The van der Waals surface area contributed by atoms with Crippen LogP contribution in [0.1, 0.15) is 12.0 Å². The second kappa shape index (κ2) is 12.0. The summed E-state index contributed by atoms with van der Waals surface area (Å²) in [6.45, 7) is -0.652. The van der Waals surface area contributed by atoms with Gasteiger partial charge >= 0.3 is 19.5 Å². The second-order valence-electron chi connectivity index (χ2n) is 6.87. The van der Waals surface area contributed by atoms with Crippen molar-refractivity contribution in [2.75, 3.05) is 12.7 Å². The third-order valence-electron chi connectivity index (χ3n) is 4.28. The van der Waals surface area contributed by atoms with Gasteiger partial charge in [-0.3, -0.25) is 18.9 Å². The zero-order chi connectivity index (χ0) is 23.6. The Morgan fingerprint density at radius 1 is 1.00 bits per heavy atom. The van der Waals surface area contributed by atoms with Gasteiger partial charge in [-0.25, -0.2) is 4.57 Å². The first-order valence-corrected chi connectivity index (χ1v) is 11.5. The van der Waals surface area contributed by atoms with Crippen LogP contribution in [-0.4, -0.2) is 52.9 Å². The minimum atomic E-state index is -4.08. The zero-order valence-corrected chi connectivity index (χ0v) is 18.0. The maximum atomic E-state index is 13.6. The lowest BCUT2D eigenvalue weighted by atomic mass is 10.1. The van der Waals surface area contributed by atoms with Crippen molar-refractivity contribution in [3.05, 3.63) is 66.2 Å². The van der Waals surface area contributed by atoms with E-state index in [1.54, 1.807) is 48.5 Å². The van der Waals surface area contributed by atoms with Crippen LogP contribution in [0.15, 0.2) is 60.7 Å². The Kier molecular flexibility index (Phi) is 9.39. The predicted octanol–water partition coefficient (Wildman–Crippen LogP) is 1.89. The Labute approximate surface area is 184 Å². The first-order valence-electron chi connectivity index (χ1n) is 9.72. The summed E-state index contributed by atoms with van der Waals surface area (Å²) in [5.74, 6) is -3.14. The van der Waals surface area contributed by atoms with E-state index in [-0.39, 0.29) is 24.8 Å². The number of benzene rings is 2. The monoisotopic (exact) mass is 464 g/mol. The van der Waals surface area contributed by atoms with Crippen LogP contribution in [-0.2, 0) is 29.9 Å². The molecule has 172 valence electrons. The molecular weight excluding hydrogens is 439 g/mol. The fourth-order valence-corrected chi connectivity index (χ4v) is 4.49. The van der Waals surface area contributed by atoms with Crippen molar-refractivity contribution >= 4 is 25.4 Å². The summed E-state index contributed by atoms with van der Waals surface area (Å²) < 4.78 is 24.8. The fourth-order valence-electron chi connectivity index (χ4n) is 2.66. The van der Waals surface area contributed by atoms with Gasteiger partial charge in [-0.15, -0.1) is 0 Å². The Morgan fingerprint density at radius 3 is 2.16 bits per heavy atom. The van der Waals surface area contributed by atoms with Crippen LogP contribution in [0.5, 0.6) is 5.75 Å². The molecule has 0 bridgehead atoms. The van der Waals surface area contributed by atoms with Crippen molar-refractivity contribution in [3.8, 4) is 5.75 Å². The van der Waals surface area contributed by atoms with E-state index in [0.29, 0.717) is 5.56 Å². The molecular formula is C21H25N2O8P. The van der Waals surface area contributed by atoms with Crippen LogP contribution >= 0.6 is 7.60 Å². The van der Waals surface area contributed by atoms with Crippen LogP contribution in [0.3, 0.4) is 0 Å². The molecule has 5 N–H and O–H groups in total. The van der Waals surface area contributed by atoms with Crippen molar-refractivity contribution in [3.63, 3.8) is 0 Å². The van der Waals surface area contributed by atoms with Crippen LogP contribution in [0, 0.1) is 0 Å². The summed E-state index contributed by atoms with van der Waals surface area (Å²) in [5, 5.41) is 20.1. The number of carbonyl (C=O) groups is 3. The standard InChI is InChI=1S/C21H25N2O8P/c22-17(21(27)28)11-12-32(29,30-16-9-5-2-6-10-16)31-18(20(26)23-14-19(24)25)13-15-7-3-1-4-8-15/h1-10,17-18H,11-14,22H2,(H,23,26)(H,24,25)(H,27,28)/t17?,18-,32+/m0/s1. The maximum absolute atomic E-state index is 13.6. The number of carboxylic acid groups (broad SMARTS) is 2. The first kappa shape index (κ1) is 25.1. The minimum absolute atomic E-state index is 0.0145. The molecule has 0 aliphatic carbocycles. The van der Waals surface area contributed by atoms with E-state index >= 15 is 0 Å². The number of hydrogen-bond acceptors (Lipinski definition) is 7. The zero-order valence-electron chi connectivity index (χ0n) is 17.1. The number of nitrogens with one attached hydrogen (secondary N) is 1. The first-order chi connectivity index (χ1) is 15.2. The minimum Gasteiger partial charge on any atom is -0.480 e. The van der Waals surface area contributed by atoms with Gasteiger partial charge in [0.25, 0.3) is 5.91 Å². The summed E-state index contributed by atoms with van der Waals surface area (Å²) >= 11 is 0. The second-order valence-corrected chi connectivity index (χ2v) is 8.93. The molecule has 10 nitrogen and oxygen atoms in total. The summed E-state index contributed by atoms with van der Waals surface area (Å²) in [6.07, 6.45) is -1.96. The SMILES string of the molecule is NC(CC[P@@](=O)(Oc1ccccc1)O[C@@H](Cc1ccccc1)C(=O)NCC(=O)O)C(=O)O. The highest BCUT2D eigenvalue weighted by atomic mass is 31.2. The van der Waals surface area contributed by atoms with E-state index in [1.807, 2.05) is 0 Å². The lowest BCUT2D eigenvalue weighted by Crippen LogP contribution is -2.40. The van der Waals surface area contributed by atoms with E-state index in [0.717, 1.165) is 0 Å². The van der Waals surface area contributed by atoms with Crippen LogP contribution < -0.4 is 15.6 Å². The summed E-state index contributed by atoms with van der Waals surface area (Å²) in [4.78, 5) is 34.6. The fraction of sp³-hybridized carbons (Fsp3) is 0.286. The molecule has 0 heterocycles. The van der Waals surface area contributed by atoms with E-state index in [4.69, 9.17) is 25.0 Å². The number of rotatable bonds is 13. The van der Waals surface area contributed by atoms with E-state index in [2.05, 4.69) is 5.32 Å². The lowest BCUT2D eigenvalue weighted by molar-refractivity contribution is -0.139. The summed E-state index contributed by atoms with van der Waals surface area (Å²) in [6, 6.07) is 15.5. The Morgan fingerprint density at radius 2 is 1.59 bits per heavy atom. The van der Waals surface area contributed by atoms with Gasteiger partial charge in [0.05, 0.1) is 6.16 Å². The molecule has 0 fully saturated rings. The van der Waals surface area contributed by atoms with Gasteiger partial charge in [0.15, 0.2) is 6.10 Å². The number of hydrogen-bond donors (Lipinski definition) is 4. The number of nitrogens with two attached hydrogens (primary N) is 1. The average molecular weight is 464 g/mol. The number of aliphatic carboxylic acids is 2. The van der Waals surface area contributed by atoms with E-state index in [9.17, 15) is 18.9 Å². The molecule has 0 aromatic heterocycles. The molecule has 3 atom stereocenters. The van der Waals surface area contributed by atoms with E-state index in [1.165, 1.54) is 12.1 Å². The van der Waals surface area contributed by atoms with Crippen LogP contribution in [0.25, 0.3) is 0 Å². The molecule has 0 spiro atoms. The largest absolute Gasteiger partial charge is 0.480 e. The number of carboxylic acids is 2. The number of para-hydroxylation sites is 1. The molecule has 1 amide bonds. The molecule has 0 aliphatic heterocycles. The topological polar surface area (TPSA) is 165 Å². The molecule has 32 heavy (non-hydrogen) atoms. The Bertz CT molecular complexity index is 955. The highest BCUT2D eigenvalue weighted by molar-refractivity contribution is 7.54. The van der Waals surface area contributed by atoms with Gasteiger partial charge in [-0.05, 0) is 24.1 Å². The molecule has 11 heteroatoms. The van der Waals surface area contributed by atoms with Crippen LogP contribution in [0.4, 0.5) is 0 Å². The molecule has 0 saturated heterocycles. The molecule has 0 radical (unpaired) electrons. The molecule has 1 unspecified atom stereocenters. The van der Waals surface area contributed by atoms with Gasteiger partial charge in [0, 0.05) is 6.42 Å². The normalized spacial score (nSPS) is 14.5. The lowest BCUT2D eigenvalue weighted by Gasteiger charge is -2.25. The number of amides is 1. The van der Waals surface area contributed by atoms with Gasteiger partial charge in [-0.2, -0.15) is 0 Å². The molecule has 0 aliphatic rings. The van der Waals surface area contributed by atoms with Gasteiger partial charge < -0.3 is 25.8 Å². The van der Waals surface area contributed by atoms with Crippen molar-refractivity contribution in [2.45, 2.75) is 25.0 Å². The molecule has 2 rings (SSSR count). The average Bonchev–Trinajstić information content (AvgIpc) is 2.76. The van der Waals surface area contributed by atoms with E-state index < -0.39 is 44.1 Å².